The second-order valence-electron chi connectivity index (χ2n) is 7.87. The minimum absolute atomic E-state index is 0.228. The van der Waals surface area contributed by atoms with E-state index < -0.39 is 15.6 Å². The molecule has 2 aromatic carbocycles. The van der Waals surface area contributed by atoms with Gasteiger partial charge in [0.2, 0.25) is 10.0 Å². The first kappa shape index (κ1) is 21.1. The van der Waals surface area contributed by atoms with E-state index in [0.29, 0.717) is 32.0 Å². The van der Waals surface area contributed by atoms with Crippen LogP contribution in [0.2, 0.25) is 0 Å². The van der Waals surface area contributed by atoms with Gasteiger partial charge in [-0.2, -0.15) is 4.31 Å². The highest BCUT2D eigenvalue weighted by molar-refractivity contribution is 7.89. The number of hydrogen-bond acceptors (Lipinski definition) is 6. The Morgan fingerprint density at radius 2 is 1.83 bits per heavy atom. The summed E-state index contributed by atoms with van der Waals surface area (Å²) in [6.45, 7) is 3.23. The van der Waals surface area contributed by atoms with Gasteiger partial charge in [-0.05, 0) is 29.8 Å². The van der Waals surface area contributed by atoms with Crippen molar-refractivity contribution in [2.45, 2.75) is 23.5 Å². The van der Waals surface area contributed by atoms with E-state index in [1.165, 1.54) is 9.87 Å². The molecule has 2 aliphatic heterocycles. The molecule has 1 atom stereocenters. The molecule has 1 fully saturated rings. The van der Waals surface area contributed by atoms with E-state index in [-0.39, 0.29) is 4.90 Å². The number of likely N-dealkylation sites (tertiary alicyclic amines) is 1. The summed E-state index contributed by atoms with van der Waals surface area (Å²) in [7, 11) is -0.406. The molecule has 8 heteroatoms. The molecule has 1 spiro atoms. The Kier molecular flexibility index (Phi) is 6.02. The van der Waals surface area contributed by atoms with Gasteiger partial charge in [0.15, 0.2) is 0 Å². The van der Waals surface area contributed by atoms with E-state index in [2.05, 4.69) is 17.0 Å². The Morgan fingerprint density at radius 3 is 2.57 bits per heavy atom. The van der Waals surface area contributed by atoms with Gasteiger partial charge < -0.3 is 14.2 Å². The fourth-order valence-corrected chi connectivity index (χ4v) is 5.83. The van der Waals surface area contributed by atoms with Crippen LogP contribution < -0.4 is 9.47 Å². The van der Waals surface area contributed by atoms with Gasteiger partial charge in [0.1, 0.15) is 22.0 Å². The number of benzene rings is 2. The number of sulfonamides is 1. The highest BCUT2D eigenvalue weighted by Crippen LogP contribution is 2.38. The molecule has 0 aliphatic carbocycles. The van der Waals surface area contributed by atoms with Gasteiger partial charge in [0.05, 0.1) is 20.3 Å². The second-order valence-corrected chi connectivity index (χ2v) is 9.78. The van der Waals surface area contributed by atoms with Crippen LogP contribution in [0.4, 0.5) is 0 Å². The summed E-state index contributed by atoms with van der Waals surface area (Å²) in [5, 5.41) is 0. The summed E-state index contributed by atoms with van der Waals surface area (Å²) >= 11 is 0. The van der Waals surface area contributed by atoms with Crippen LogP contribution in [0.5, 0.6) is 11.5 Å². The van der Waals surface area contributed by atoms with Crippen LogP contribution in [-0.4, -0.2) is 70.2 Å². The van der Waals surface area contributed by atoms with E-state index in [4.69, 9.17) is 14.2 Å². The molecular weight excluding hydrogens is 404 g/mol. The zero-order valence-corrected chi connectivity index (χ0v) is 18.2. The van der Waals surface area contributed by atoms with Crippen LogP contribution in [0.25, 0.3) is 0 Å². The van der Waals surface area contributed by atoms with Gasteiger partial charge in [-0.15, -0.1) is 0 Å². The lowest BCUT2D eigenvalue weighted by molar-refractivity contribution is 0.0533. The monoisotopic (exact) mass is 432 g/mol. The van der Waals surface area contributed by atoms with E-state index in [9.17, 15) is 8.42 Å². The summed E-state index contributed by atoms with van der Waals surface area (Å²) in [6, 6.07) is 14.9. The van der Waals surface area contributed by atoms with Crippen molar-refractivity contribution in [3.8, 4) is 11.5 Å². The van der Waals surface area contributed by atoms with Crippen LogP contribution in [0.15, 0.2) is 53.4 Å². The maximum atomic E-state index is 13.3. The summed E-state index contributed by atoms with van der Waals surface area (Å²) in [5.41, 5.74) is 0.602. The first-order valence-corrected chi connectivity index (χ1v) is 11.5. The van der Waals surface area contributed by atoms with Crippen LogP contribution in [0, 0.1) is 0 Å². The Bertz CT molecular complexity index is 979. The molecule has 1 saturated heterocycles. The smallest absolute Gasteiger partial charge is 0.246 e. The normalized spacial score (nSPS) is 23.7. The number of hydrogen-bond donors (Lipinski definition) is 0. The standard InChI is InChI=1S/C22H28N2O5S/c1-27-14-13-24-17-22(29-20-5-3-4-6-21(20)30(24,25)26)11-12-23(16-22)15-18-7-9-19(28-2)10-8-18/h3-10H,11-17H2,1-2H3/t22-/m1/s1. The maximum absolute atomic E-state index is 13.3. The first-order chi connectivity index (χ1) is 14.5. The second kappa shape index (κ2) is 8.55. The molecule has 7 nitrogen and oxygen atoms in total. The molecule has 0 amide bonds. The minimum Gasteiger partial charge on any atom is -0.497 e. The number of rotatable bonds is 6. The van der Waals surface area contributed by atoms with Gasteiger partial charge in [0, 0.05) is 39.7 Å². The molecule has 0 radical (unpaired) electrons. The number of nitrogens with zero attached hydrogens (tertiary/aromatic N) is 2. The molecule has 2 aromatic rings. The zero-order chi connectivity index (χ0) is 21.2. The third kappa shape index (κ3) is 4.18. The fourth-order valence-electron chi connectivity index (χ4n) is 4.21. The SMILES string of the molecule is COCCN1C[C@]2(CCN(Cc3ccc(OC)cc3)C2)Oc2ccccc2S1(=O)=O. The summed E-state index contributed by atoms with van der Waals surface area (Å²) in [4.78, 5) is 2.54. The van der Waals surface area contributed by atoms with E-state index in [1.807, 2.05) is 18.2 Å². The molecule has 0 unspecified atom stereocenters. The lowest BCUT2D eigenvalue weighted by Gasteiger charge is -2.32. The van der Waals surface area contributed by atoms with Crippen LogP contribution in [-0.2, 0) is 21.3 Å². The average molecular weight is 433 g/mol. The van der Waals surface area contributed by atoms with Crippen molar-refractivity contribution in [3.63, 3.8) is 0 Å². The van der Waals surface area contributed by atoms with Crippen molar-refractivity contribution in [3.05, 3.63) is 54.1 Å². The van der Waals surface area contributed by atoms with Crippen molar-refractivity contribution in [2.75, 3.05) is 47.0 Å². The highest BCUT2D eigenvalue weighted by atomic mass is 32.2. The van der Waals surface area contributed by atoms with Gasteiger partial charge in [-0.3, -0.25) is 4.90 Å². The number of para-hydroxylation sites is 1. The highest BCUT2D eigenvalue weighted by Gasteiger charge is 2.47. The van der Waals surface area contributed by atoms with E-state index >= 15 is 0 Å². The molecule has 0 saturated carbocycles. The topological polar surface area (TPSA) is 68.3 Å². The van der Waals surface area contributed by atoms with E-state index in [1.54, 1.807) is 32.4 Å². The van der Waals surface area contributed by atoms with Crippen LogP contribution in [0.1, 0.15) is 12.0 Å². The van der Waals surface area contributed by atoms with Crippen molar-refractivity contribution in [1.29, 1.82) is 0 Å². The largest absolute Gasteiger partial charge is 0.497 e. The van der Waals surface area contributed by atoms with Crippen molar-refractivity contribution in [1.82, 2.24) is 9.21 Å². The summed E-state index contributed by atoms with van der Waals surface area (Å²) in [5.74, 6) is 1.27. The predicted octanol–water partition coefficient (Wildman–Crippen LogP) is 2.37. The number of methoxy groups -OCH3 is 2. The molecule has 2 aliphatic rings. The lowest BCUT2D eigenvalue weighted by atomic mass is 10.0. The predicted molar refractivity (Wildman–Crippen MR) is 113 cm³/mol. The van der Waals surface area contributed by atoms with Gasteiger partial charge in [0.25, 0.3) is 0 Å². The van der Waals surface area contributed by atoms with E-state index in [0.717, 1.165) is 25.3 Å². The van der Waals surface area contributed by atoms with Gasteiger partial charge in [-0.25, -0.2) is 8.42 Å². The third-order valence-electron chi connectivity index (χ3n) is 5.76. The molecule has 2 heterocycles. The summed E-state index contributed by atoms with van der Waals surface area (Å²) in [6.07, 6.45) is 0.760. The summed E-state index contributed by atoms with van der Waals surface area (Å²) < 4.78 is 44.9. The van der Waals surface area contributed by atoms with Crippen molar-refractivity contribution < 1.29 is 22.6 Å². The van der Waals surface area contributed by atoms with Crippen molar-refractivity contribution in [2.24, 2.45) is 0 Å². The van der Waals surface area contributed by atoms with Crippen molar-refractivity contribution >= 4 is 10.0 Å². The van der Waals surface area contributed by atoms with Crippen LogP contribution in [0.3, 0.4) is 0 Å². The molecule has 0 bridgehead atoms. The Balaban J connectivity index is 1.58. The third-order valence-corrected chi connectivity index (χ3v) is 7.65. The Morgan fingerprint density at radius 1 is 1.07 bits per heavy atom. The van der Waals surface area contributed by atoms with Gasteiger partial charge in [-0.1, -0.05) is 24.3 Å². The number of fused-ring (bicyclic) bond motifs is 1. The zero-order valence-electron chi connectivity index (χ0n) is 17.4. The molecule has 4 rings (SSSR count). The molecule has 162 valence electrons. The maximum Gasteiger partial charge on any atom is 0.246 e. The quantitative estimate of drug-likeness (QED) is 0.698. The Hall–Kier alpha value is -2.13. The average Bonchev–Trinajstić information content (AvgIpc) is 3.10. The first-order valence-electron chi connectivity index (χ1n) is 10.1. The molecular formula is C22H28N2O5S. The lowest BCUT2D eigenvalue weighted by Crippen LogP contribution is -2.49. The fraction of sp³-hybridized carbons (Fsp3) is 0.455. The Labute approximate surface area is 178 Å². The molecule has 30 heavy (non-hydrogen) atoms. The molecule has 0 N–H and O–H groups in total. The number of ether oxygens (including phenoxy) is 3. The van der Waals surface area contributed by atoms with Crippen LogP contribution >= 0.6 is 0 Å². The minimum atomic E-state index is -3.64. The molecule has 0 aromatic heterocycles. The van der Waals surface area contributed by atoms with Gasteiger partial charge >= 0.3 is 0 Å².